The largest absolute Gasteiger partial charge is 0.462 e. The Labute approximate surface area is 285 Å². The third-order valence-corrected chi connectivity index (χ3v) is 10.8. The third-order valence-electron chi connectivity index (χ3n) is 10.8. The average molecular weight is 679 g/mol. The van der Waals surface area contributed by atoms with Crippen molar-refractivity contribution in [1.29, 1.82) is 0 Å². The summed E-state index contributed by atoms with van der Waals surface area (Å²) in [5.41, 5.74) is -1.60. The fraction of sp³-hybridized carbons (Fsp3) is 0.811. The Kier molecular flexibility index (Phi) is 13.3. The summed E-state index contributed by atoms with van der Waals surface area (Å²) in [7, 11) is 0. The Balaban J connectivity index is 2.40. The zero-order valence-electron chi connectivity index (χ0n) is 30.5. The van der Waals surface area contributed by atoms with Gasteiger partial charge in [-0.05, 0) is 55.9 Å². The molecule has 3 aliphatic carbocycles. The molecule has 48 heavy (non-hydrogen) atoms. The van der Waals surface area contributed by atoms with E-state index in [-0.39, 0.29) is 38.0 Å². The lowest BCUT2D eigenvalue weighted by molar-refractivity contribution is -0.226. The number of carbonyl (C=O) groups is 5. The minimum Gasteiger partial charge on any atom is -0.462 e. The first kappa shape index (κ1) is 39.5. The van der Waals surface area contributed by atoms with E-state index < -0.39 is 95.1 Å². The van der Waals surface area contributed by atoms with Crippen LogP contribution in [-0.4, -0.2) is 71.6 Å². The van der Waals surface area contributed by atoms with Crippen molar-refractivity contribution < 1.29 is 52.8 Å². The molecule has 1 N–H and O–H groups in total. The predicted octanol–water partition coefficient (Wildman–Crippen LogP) is 5.63. The Bertz CT molecular complexity index is 1230. The van der Waals surface area contributed by atoms with Crippen LogP contribution in [0.25, 0.3) is 0 Å². The van der Waals surface area contributed by atoms with Crippen molar-refractivity contribution in [1.82, 2.24) is 0 Å². The summed E-state index contributed by atoms with van der Waals surface area (Å²) < 4.78 is 30.8. The first-order valence-electron chi connectivity index (χ1n) is 17.8. The molecule has 11 atom stereocenters. The molecule has 0 bridgehead atoms. The van der Waals surface area contributed by atoms with Gasteiger partial charge in [0.25, 0.3) is 0 Å². The molecule has 1 unspecified atom stereocenters. The summed E-state index contributed by atoms with van der Waals surface area (Å²) in [5.74, 6) is -3.94. The van der Waals surface area contributed by atoms with Crippen LogP contribution >= 0.6 is 0 Å². The second kappa shape index (κ2) is 16.2. The van der Waals surface area contributed by atoms with Gasteiger partial charge in [-0.2, -0.15) is 0 Å². The lowest BCUT2D eigenvalue weighted by Gasteiger charge is -2.58. The maximum absolute atomic E-state index is 13.3. The van der Waals surface area contributed by atoms with Crippen LogP contribution in [0.15, 0.2) is 11.6 Å². The standard InChI is InChI=1S/C37H58O11/c1-11-15-26(40)46-32-29(20(5)6)30-23-18-21(7)31(43)33(44-22(8)38)34(47-27(41)16-12-2)36(23,9)19-24(45-25(39)14-4)37(30,10)35(32)48-28(42)17-13-3/h18,20,23-24,29-35,43H,11-17,19H2,1-10H3/t23-,24-,29+,30+,31-,32+,33-,34+,35-,36+,37?/m0/s1. The van der Waals surface area contributed by atoms with Crippen LogP contribution in [0.4, 0.5) is 0 Å². The van der Waals surface area contributed by atoms with Crippen LogP contribution in [0.5, 0.6) is 0 Å². The van der Waals surface area contributed by atoms with Gasteiger partial charge in [0.2, 0.25) is 0 Å². The van der Waals surface area contributed by atoms with Gasteiger partial charge in [-0.25, -0.2) is 0 Å². The molecule has 11 heteroatoms. The Morgan fingerprint density at radius 2 is 1.31 bits per heavy atom. The third kappa shape index (κ3) is 7.76. The lowest BCUT2D eigenvalue weighted by atomic mass is 9.49. The highest BCUT2D eigenvalue weighted by molar-refractivity contribution is 5.72. The number of fused-ring (bicyclic) bond motifs is 3. The van der Waals surface area contributed by atoms with E-state index in [0.29, 0.717) is 24.8 Å². The van der Waals surface area contributed by atoms with Gasteiger partial charge in [-0.1, -0.05) is 61.5 Å². The fourth-order valence-electron chi connectivity index (χ4n) is 8.62. The molecule has 0 aromatic heterocycles. The molecule has 272 valence electrons. The van der Waals surface area contributed by atoms with Crippen molar-refractivity contribution in [3.05, 3.63) is 11.6 Å². The molecule has 3 rings (SSSR count). The number of hydrogen-bond acceptors (Lipinski definition) is 11. The number of aliphatic hydroxyl groups is 1. The second-order valence-electron chi connectivity index (χ2n) is 14.7. The Hall–Kier alpha value is -2.95. The maximum Gasteiger partial charge on any atom is 0.306 e. The molecular weight excluding hydrogens is 620 g/mol. The molecule has 0 spiro atoms. The molecule has 0 heterocycles. The molecule has 0 aliphatic heterocycles. The van der Waals surface area contributed by atoms with Gasteiger partial charge in [0.05, 0.1) is 0 Å². The SMILES string of the molecule is CCCC(=O)O[C@@H]1[C@H](C(C)C)[C@H]2[C@@H]3C=C(C)[C@H](O)[C@H](OC(C)=O)[C@@H](OC(=O)CCC)[C@]3(C)C[C@H](OC(=O)CC)C2(C)[C@H]1OC(=O)CCC. The summed E-state index contributed by atoms with van der Waals surface area (Å²) in [6, 6.07) is 0. The molecule has 11 nitrogen and oxygen atoms in total. The van der Waals surface area contributed by atoms with Crippen molar-refractivity contribution in [3.8, 4) is 0 Å². The molecule has 0 amide bonds. The molecule has 3 aliphatic rings. The highest BCUT2D eigenvalue weighted by Gasteiger charge is 2.74. The fourth-order valence-corrected chi connectivity index (χ4v) is 8.62. The van der Waals surface area contributed by atoms with Crippen molar-refractivity contribution >= 4 is 29.8 Å². The van der Waals surface area contributed by atoms with E-state index in [4.69, 9.17) is 23.7 Å². The summed E-state index contributed by atoms with van der Waals surface area (Å²) in [6.45, 7) is 18.2. The van der Waals surface area contributed by atoms with Crippen LogP contribution in [0.1, 0.15) is 121 Å². The van der Waals surface area contributed by atoms with Crippen molar-refractivity contribution in [3.63, 3.8) is 0 Å². The number of hydrogen-bond donors (Lipinski definition) is 1. The van der Waals surface area contributed by atoms with Crippen LogP contribution in [-0.2, 0) is 47.7 Å². The zero-order chi connectivity index (χ0) is 36.1. The molecule has 2 saturated carbocycles. The van der Waals surface area contributed by atoms with Gasteiger partial charge in [-0.15, -0.1) is 0 Å². The number of ether oxygens (including phenoxy) is 5. The number of allylic oxidation sites excluding steroid dienone is 1. The zero-order valence-corrected chi connectivity index (χ0v) is 30.5. The monoisotopic (exact) mass is 678 g/mol. The Morgan fingerprint density at radius 3 is 1.79 bits per heavy atom. The van der Waals surface area contributed by atoms with Gasteiger partial charge in [0.1, 0.15) is 30.5 Å². The van der Waals surface area contributed by atoms with E-state index >= 15 is 0 Å². The highest BCUT2D eigenvalue weighted by Crippen LogP contribution is 2.67. The summed E-state index contributed by atoms with van der Waals surface area (Å²) in [4.78, 5) is 65.4. The van der Waals surface area contributed by atoms with Gasteiger partial charge < -0.3 is 28.8 Å². The van der Waals surface area contributed by atoms with Crippen LogP contribution < -0.4 is 0 Å². The molecule has 0 saturated heterocycles. The average Bonchev–Trinajstić information content (AvgIpc) is 3.20. The minimum absolute atomic E-state index is 0.0862. The predicted molar refractivity (Wildman–Crippen MR) is 176 cm³/mol. The quantitative estimate of drug-likeness (QED) is 0.147. The summed E-state index contributed by atoms with van der Waals surface area (Å²) >= 11 is 0. The van der Waals surface area contributed by atoms with Gasteiger partial charge in [-0.3, -0.25) is 24.0 Å². The number of carbonyl (C=O) groups excluding carboxylic acids is 5. The lowest BCUT2D eigenvalue weighted by Crippen LogP contribution is -2.63. The van der Waals surface area contributed by atoms with Gasteiger partial charge in [0.15, 0.2) is 6.10 Å². The van der Waals surface area contributed by atoms with Gasteiger partial charge in [0, 0.05) is 49.4 Å². The molecule has 0 aromatic rings. The van der Waals surface area contributed by atoms with Crippen molar-refractivity contribution in [2.75, 3.05) is 0 Å². The number of aliphatic hydroxyl groups excluding tert-OH is 1. The number of rotatable bonds is 13. The van der Waals surface area contributed by atoms with Crippen LogP contribution in [0.3, 0.4) is 0 Å². The summed E-state index contributed by atoms with van der Waals surface area (Å²) in [5, 5.41) is 11.7. The van der Waals surface area contributed by atoms with E-state index in [9.17, 15) is 29.1 Å². The first-order valence-corrected chi connectivity index (χ1v) is 17.8. The van der Waals surface area contributed by atoms with Crippen LogP contribution in [0.2, 0.25) is 0 Å². The van der Waals surface area contributed by atoms with E-state index in [1.54, 1.807) is 13.8 Å². The minimum atomic E-state index is -1.30. The maximum atomic E-state index is 13.3. The van der Waals surface area contributed by atoms with E-state index in [0.717, 1.165) is 0 Å². The van der Waals surface area contributed by atoms with Crippen LogP contribution in [0, 0.1) is 34.5 Å². The van der Waals surface area contributed by atoms with E-state index in [1.807, 2.05) is 54.5 Å². The highest BCUT2D eigenvalue weighted by atomic mass is 16.6. The van der Waals surface area contributed by atoms with Gasteiger partial charge >= 0.3 is 29.8 Å². The Morgan fingerprint density at radius 1 is 0.792 bits per heavy atom. The topological polar surface area (TPSA) is 152 Å². The second-order valence-corrected chi connectivity index (χ2v) is 14.7. The normalized spacial score (nSPS) is 35.8. The van der Waals surface area contributed by atoms with E-state index in [2.05, 4.69) is 0 Å². The molecular formula is C37H58O11. The molecule has 0 radical (unpaired) electrons. The van der Waals surface area contributed by atoms with Crippen molar-refractivity contribution in [2.45, 2.75) is 157 Å². The number of esters is 5. The first-order chi connectivity index (χ1) is 22.5. The molecule has 2 fully saturated rings. The van der Waals surface area contributed by atoms with E-state index in [1.165, 1.54) is 6.92 Å². The van der Waals surface area contributed by atoms with Crippen molar-refractivity contribution in [2.24, 2.45) is 34.5 Å². The summed E-state index contributed by atoms with van der Waals surface area (Å²) in [6.07, 6.45) is -2.12. The molecule has 0 aromatic carbocycles. The smallest absolute Gasteiger partial charge is 0.306 e.